The van der Waals surface area contributed by atoms with Gasteiger partial charge in [0.25, 0.3) is 0 Å². The lowest BCUT2D eigenvalue weighted by molar-refractivity contribution is -0.118. The fourth-order valence-electron chi connectivity index (χ4n) is 4.38. The van der Waals surface area contributed by atoms with E-state index in [9.17, 15) is 4.79 Å². The summed E-state index contributed by atoms with van der Waals surface area (Å²) in [5.74, 6) is 0.130. The average Bonchev–Trinajstić information content (AvgIpc) is 3.28. The highest BCUT2D eigenvalue weighted by Crippen LogP contribution is 2.29. The third kappa shape index (κ3) is 4.71. The van der Waals surface area contributed by atoms with E-state index in [0.717, 1.165) is 74.2 Å². The van der Waals surface area contributed by atoms with Crippen molar-refractivity contribution in [1.82, 2.24) is 9.88 Å². The number of anilines is 1. The van der Waals surface area contributed by atoms with Crippen molar-refractivity contribution < 1.29 is 9.53 Å². The van der Waals surface area contributed by atoms with Gasteiger partial charge in [0.2, 0.25) is 5.91 Å². The van der Waals surface area contributed by atoms with E-state index in [1.807, 2.05) is 22.4 Å². The van der Waals surface area contributed by atoms with Crippen LogP contribution in [0.1, 0.15) is 23.2 Å². The van der Waals surface area contributed by atoms with Crippen LogP contribution in [0.2, 0.25) is 0 Å². The number of aryl methyl sites for hydroxylation is 1. The first-order valence-corrected chi connectivity index (χ1v) is 11.9. The Hall–Kier alpha value is -2.54. The fraction of sp³-hybridized carbons (Fsp3) is 0.360. The van der Waals surface area contributed by atoms with E-state index in [1.165, 1.54) is 11.1 Å². The number of ether oxygens (including phenoxy) is 1. The zero-order chi connectivity index (χ0) is 21.0. The second kappa shape index (κ2) is 9.30. The van der Waals surface area contributed by atoms with Crippen molar-refractivity contribution in [1.29, 1.82) is 0 Å². The smallest absolute Gasteiger partial charge is 0.233 e. The van der Waals surface area contributed by atoms with Crippen LogP contribution in [0.15, 0.2) is 53.9 Å². The number of hydrogen-bond donors (Lipinski definition) is 0. The fourth-order valence-corrected chi connectivity index (χ4v) is 5.20. The normalized spacial score (nSPS) is 16.8. The second-order valence-corrected chi connectivity index (χ2v) is 9.05. The maximum Gasteiger partial charge on any atom is 0.233 e. The molecule has 2 aromatic carbocycles. The first-order chi connectivity index (χ1) is 15.3. The molecule has 0 radical (unpaired) electrons. The molecule has 2 aliphatic heterocycles. The van der Waals surface area contributed by atoms with Crippen LogP contribution in [0.25, 0.3) is 10.6 Å². The molecule has 0 atom stereocenters. The largest absolute Gasteiger partial charge is 0.379 e. The molecule has 0 bridgehead atoms. The van der Waals surface area contributed by atoms with Gasteiger partial charge in [-0.2, -0.15) is 0 Å². The van der Waals surface area contributed by atoms with Crippen molar-refractivity contribution in [3.63, 3.8) is 0 Å². The molecule has 31 heavy (non-hydrogen) atoms. The maximum absolute atomic E-state index is 13.0. The van der Waals surface area contributed by atoms with Gasteiger partial charge in [0, 0.05) is 42.8 Å². The lowest BCUT2D eigenvalue weighted by Crippen LogP contribution is -2.36. The Bertz CT molecular complexity index is 1060. The van der Waals surface area contributed by atoms with E-state index in [0.29, 0.717) is 6.42 Å². The average molecular weight is 434 g/mol. The van der Waals surface area contributed by atoms with Crippen molar-refractivity contribution in [2.75, 3.05) is 37.7 Å². The summed E-state index contributed by atoms with van der Waals surface area (Å²) in [6.45, 7) is 5.30. The van der Waals surface area contributed by atoms with Gasteiger partial charge in [0.1, 0.15) is 5.01 Å². The van der Waals surface area contributed by atoms with Gasteiger partial charge in [0.05, 0.1) is 25.3 Å². The van der Waals surface area contributed by atoms with Crippen molar-refractivity contribution in [2.45, 2.75) is 25.8 Å². The number of amides is 1. The summed E-state index contributed by atoms with van der Waals surface area (Å²) in [5.41, 5.74) is 5.59. The molecule has 1 aromatic heterocycles. The molecular formula is C25H27N3O2S. The molecule has 1 saturated heterocycles. The Morgan fingerprint density at radius 2 is 1.94 bits per heavy atom. The summed E-state index contributed by atoms with van der Waals surface area (Å²) < 4.78 is 5.45. The summed E-state index contributed by atoms with van der Waals surface area (Å²) in [6, 6.07) is 16.8. The number of nitrogens with zero attached hydrogens (tertiary/aromatic N) is 3. The molecule has 160 valence electrons. The zero-order valence-corrected chi connectivity index (χ0v) is 18.4. The number of carbonyl (C=O) groups excluding carboxylic acids is 1. The summed E-state index contributed by atoms with van der Waals surface area (Å²) >= 11 is 1.62. The Kier molecular flexibility index (Phi) is 6.11. The molecule has 6 heteroatoms. The second-order valence-electron chi connectivity index (χ2n) is 8.19. The topological polar surface area (TPSA) is 45.7 Å². The number of hydrogen-bond acceptors (Lipinski definition) is 5. The molecular weight excluding hydrogens is 406 g/mol. The van der Waals surface area contributed by atoms with Crippen LogP contribution >= 0.6 is 11.3 Å². The van der Waals surface area contributed by atoms with Crippen LogP contribution in [-0.4, -0.2) is 48.6 Å². The summed E-state index contributed by atoms with van der Waals surface area (Å²) in [6.07, 6.45) is 2.40. The molecule has 0 unspecified atom stereocenters. The van der Waals surface area contributed by atoms with E-state index in [2.05, 4.69) is 41.3 Å². The summed E-state index contributed by atoms with van der Waals surface area (Å²) in [5, 5.41) is 3.00. The Morgan fingerprint density at radius 3 is 2.84 bits per heavy atom. The molecule has 2 aliphatic rings. The Morgan fingerprint density at radius 1 is 1.06 bits per heavy atom. The minimum absolute atomic E-state index is 0.130. The number of rotatable bonds is 5. The quantitative estimate of drug-likeness (QED) is 0.606. The first-order valence-electron chi connectivity index (χ1n) is 11.0. The van der Waals surface area contributed by atoms with Crippen LogP contribution in [0.3, 0.4) is 0 Å². The van der Waals surface area contributed by atoms with Crippen LogP contribution in [0.5, 0.6) is 0 Å². The molecule has 3 heterocycles. The Labute approximate surface area is 187 Å². The van der Waals surface area contributed by atoms with Gasteiger partial charge in [-0.05, 0) is 36.1 Å². The first kappa shape index (κ1) is 20.4. The van der Waals surface area contributed by atoms with Crippen LogP contribution in [-0.2, 0) is 28.9 Å². The highest BCUT2D eigenvalue weighted by atomic mass is 32.1. The van der Waals surface area contributed by atoms with Gasteiger partial charge in [-0.1, -0.05) is 36.4 Å². The number of benzene rings is 2. The van der Waals surface area contributed by atoms with Crippen molar-refractivity contribution in [3.8, 4) is 10.6 Å². The number of carbonyl (C=O) groups is 1. The minimum Gasteiger partial charge on any atom is -0.379 e. The van der Waals surface area contributed by atoms with Crippen LogP contribution < -0.4 is 4.90 Å². The van der Waals surface area contributed by atoms with Crippen LogP contribution in [0, 0.1) is 0 Å². The summed E-state index contributed by atoms with van der Waals surface area (Å²) in [7, 11) is 0. The number of aromatic nitrogens is 1. The third-order valence-corrected chi connectivity index (χ3v) is 6.92. The van der Waals surface area contributed by atoms with Gasteiger partial charge in [-0.15, -0.1) is 11.3 Å². The van der Waals surface area contributed by atoms with Gasteiger partial charge in [-0.25, -0.2) is 4.98 Å². The van der Waals surface area contributed by atoms with E-state index in [4.69, 9.17) is 9.72 Å². The molecule has 0 spiro atoms. The number of thiazole rings is 1. The number of para-hydroxylation sites is 1. The minimum atomic E-state index is 0.130. The number of fused-ring (bicyclic) bond motifs is 1. The van der Waals surface area contributed by atoms with E-state index >= 15 is 0 Å². The van der Waals surface area contributed by atoms with Gasteiger partial charge >= 0.3 is 0 Å². The molecule has 0 saturated carbocycles. The molecule has 5 rings (SSSR count). The van der Waals surface area contributed by atoms with Gasteiger partial charge < -0.3 is 9.64 Å². The predicted molar refractivity (Wildman–Crippen MR) is 124 cm³/mol. The van der Waals surface area contributed by atoms with Gasteiger partial charge in [-0.3, -0.25) is 9.69 Å². The van der Waals surface area contributed by atoms with Crippen molar-refractivity contribution >= 4 is 22.9 Å². The molecule has 5 nitrogen and oxygen atoms in total. The van der Waals surface area contributed by atoms with Crippen molar-refractivity contribution in [3.05, 3.63) is 70.7 Å². The highest BCUT2D eigenvalue weighted by Gasteiger charge is 2.23. The molecule has 1 fully saturated rings. The molecule has 1 amide bonds. The Balaban J connectivity index is 1.27. The van der Waals surface area contributed by atoms with Crippen LogP contribution in [0.4, 0.5) is 5.69 Å². The standard InChI is InChI=1S/C25H27N3O2S/c29-24(28-10-4-8-20-6-1-2-9-23(20)28)16-22-18-31-25(26-22)21-7-3-5-19(15-21)17-27-11-13-30-14-12-27/h1-3,5-7,9,15,18H,4,8,10-14,16-17H2. The lowest BCUT2D eigenvalue weighted by atomic mass is 10.0. The van der Waals surface area contributed by atoms with Gasteiger partial charge in [0.15, 0.2) is 0 Å². The highest BCUT2D eigenvalue weighted by molar-refractivity contribution is 7.13. The lowest BCUT2D eigenvalue weighted by Gasteiger charge is -2.29. The summed E-state index contributed by atoms with van der Waals surface area (Å²) in [4.78, 5) is 22.2. The number of morpholine rings is 1. The molecule has 0 aliphatic carbocycles. The molecule has 3 aromatic rings. The van der Waals surface area contributed by atoms with Crippen molar-refractivity contribution in [2.24, 2.45) is 0 Å². The zero-order valence-electron chi connectivity index (χ0n) is 17.6. The molecule has 0 N–H and O–H groups in total. The predicted octanol–water partition coefficient (Wildman–Crippen LogP) is 4.16. The third-order valence-electron chi connectivity index (χ3n) is 5.98. The van der Waals surface area contributed by atoms with E-state index < -0.39 is 0 Å². The SMILES string of the molecule is O=C(Cc1csc(-c2cccc(CN3CCOCC3)c2)n1)N1CCCc2ccccc21. The van der Waals surface area contributed by atoms with E-state index in [1.54, 1.807) is 11.3 Å². The van der Waals surface area contributed by atoms with E-state index in [-0.39, 0.29) is 5.91 Å². The monoisotopic (exact) mass is 433 g/mol. The maximum atomic E-state index is 13.0.